The highest BCUT2D eigenvalue weighted by Crippen LogP contribution is 2.44. The third kappa shape index (κ3) is 3.79. The molecule has 1 amide bonds. The Morgan fingerprint density at radius 2 is 1.50 bits per heavy atom. The zero-order valence-electron chi connectivity index (χ0n) is 18.7. The van der Waals surface area contributed by atoms with Crippen LogP contribution in [0.25, 0.3) is 10.9 Å². The Labute approximate surface area is 180 Å². The van der Waals surface area contributed by atoms with Crippen molar-refractivity contribution >= 4 is 16.8 Å². The maximum Gasteiger partial charge on any atom is 0.267 e. The van der Waals surface area contributed by atoms with E-state index in [1.54, 1.807) is 0 Å². The zero-order valence-corrected chi connectivity index (χ0v) is 18.7. The van der Waals surface area contributed by atoms with Crippen molar-refractivity contribution in [1.82, 2.24) is 15.6 Å². The minimum Gasteiger partial charge on any atom is -0.351 e. The Morgan fingerprint density at radius 3 is 2.10 bits per heavy atom. The van der Waals surface area contributed by atoms with Crippen LogP contribution in [0, 0.1) is 13.8 Å². The largest absolute Gasteiger partial charge is 0.351 e. The molecule has 1 aromatic heterocycles. The van der Waals surface area contributed by atoms with Crippen molar-refractivity contribution in [2.45, 2.75) is 108 Å². The van der Waals surface area contributed by atoms with Gasteiger partial charge in [-0.2, -0.15) is 0 Å². The van der Waals surface area contributed by atoms with Crippen molar-refractivity contribution in [3.63, 3.8) is 0 Å². The molecule has 2 aliphatic carbocycles. The SMILES string of the molecule is Cc1cc(C)c2cc(C(=O)NC3CC4(CCCCC4)NC4(CCCCC4)C3)[nH]c2c1. The van der Waals surface area contributed by atoms with Crippen LogP contribution in [0.2, 0.25) is 0 Å². The number of carbonyl (C=O) groups excluding carboxylic acids is 1. The van der Waals surface area contributed by atoms with E-state index in [2.05, 4.69) is 41.6 Å². The summed E-state index contributed by atoms with van der Waals surface area (Å²) in [5, 5.41) is 8.82. The third-order valence-corrected chi connectivity index (χ3v) is 8.09. The highest BCUT2D eigenvalue weighted by atomic mass is 16.1. The maximum absolute atomic E-state index is 13.3. The number of amides is 1. The van der Waals surface area contributed by atoms with Gasteiger partial charge in [0, 0.05) is 28.0 Å². The highest BCUT2D eigenvalue weighted by Gasteiger charge is 2.48. The van der Waals surface area contributed by atoms with Crippen LogP contribution in [0.3, 0.4) is 0 Å². The fourth-order valence-corrected chi connectivity index (χ4v) is 6.88. The van der Waals surface area contributed by atoms with Crippen LogP contribution in [0.4, 0.5) is 0 Å². The van der Waals surface area contributed by atoms with Gasteiger partial charge in [-0.3, -0.25) is 4.79 Å². The van der Waals surface area contributed by atoms with E-state index in [4.69, 9.17) is 0 Å². The normalized spacial score (nSPS) is 25.6. The first-order chi connectivity index (χ1) is 14.5. The van der Waals surface area contributed by atoms with E-state index in [-0.39, 0.29) is 23.0 Å². The van der Waals surface area contributed by atoms with Gasteiger partial charge in [0.25, 0.3) is 5.91 Å². The Balaban J connectivity index is 1.38. The minimum atomic E-state index is 0.0621. The van der Waals surface area contributed by atoms with Crippen LogP contribution >= 0.6 is 0 Å². The maximum atomic E-state index is 13.3. The molecule has 3 fully saturated rings. The van der Waals surface area contributed by atoms with Crippen LogP contribution in [0.15, 0.2) is 18.2 Å². The number of hydrogen-bond donors (Lipinski definition) is 3. The number of rotatable bonds is 2. The van der Waals surface area contributed by atoms with Crippen LogP contribution in [0.1, 0.15) is 98.7 Å². The molecule has 1 saturated heterocycles. The second-order valence-electron chi connectivity index (χ2n) is 10.6. The topological polar surface area (TPSA) is 56.9 Å². The average Bonchev–Trinajstić information content (AvgIpc) is 3.13. The standard InChI is InChI=1S/C26H37N3O/c1-18-13-19(2)21-15-23(28-22(21)14-18)24(30)27-20-16-25(9-5-3-6-10-25)29-26(17-20)11-7-4-8-12-26/h13-15,20,28-29H,3-12,16-17H2,1-2H3,(H,27,30). The number of benzene rings is 1. The molecule has 2 aromatic rings. The predicted octanol–water partition coefficient (Wildman–Crippen LogP) is 5.67. The first kappa shape index (κ1) is 20.1. The third-order valence-electron chi connectivity index (χ3n) is 8.09. The van der Waals surface area contributed by atoms with E-state index in [0.717, 1.165) is 23.7 Å². The quantitative estimate of drug-likeness (QED) is 0.600. The molecule has 2 saturated carbocycles. The molecule has 1 aromatic carbocycles. The van der Waals surface area contributed by atoms with Crippen molar-refractivity contribution in [3.8, 4) is 0 Å². The summed E-state index contributed by atoms with van der Waals surface area (Å²) in [6.07, 6.45) is 15.3. The first-order valence-electron chi connectivity index (χ1n) is 12.2. The molecule has 1 aliphatic heterocycles. The van der Waals surface area contributed by atoms with E-state index in [9.17, 15) is 4.79 Å². The van der Waals surface area contributed by atoms with E-state index in [1.165, 1.54) is 75.3 Å². The lowest BCUT2D eigenvalue weighted by Crippen LogP contribution is -2.67. The summed E-state index contributed by atoms with van der Waals surface area (Å²) < 4.78 is 0. The number of aryl methyl sites for hydroxylation is 2. The molecule has 3 aliphatic rings. The van der Waals surface area contributed by atoms with E-state index >= 15 is 0 Å². The summed E-state index contributed by atoms with van der Waals surface area (Å²) in [6, 6.07) is 6.62. The molecule has 0 unspecified atom stereocenters. The summed E-state index contributed by atoms with van der Waals surface area (Å²) in [7, 11) is 0. The number of hydrogen-bond acceptors (Lipinski definition) is 2. The fourth-order valence-electron chi connectivity index (χ4n) is 6.88. The van der Waals surface area contributed by atoms with Gasteiger partial charge in [-0.15, -0.1) is 0 Å². The Hall–Kier alpha value is -1.81. The minimum absolute atomic E-state index is 0.0621. The number of nitrogens with one attached hydrogen (secondary N) is 3. The van der Waals surface area contributed by atoms with Crippen molar-refractivity contribution in [1.29, 1.82) is 0 Å². The number of piperidine rings is 1. The second kappa shape index (κ2) is 7.71. The van der Waals surface area contributed by atoms with Gasteiger partial charge in [-0.1, -0.05) is 44.6 Å². The van der Waals surface area contributed by atoms with Crippen LogP contribution in [0.5, 0.6) is 0 Å². The summed E-state index contributed by atoms with van der Waals surface area (Å²) >= 11 is 0. The number of fused-ring (bicyclic) bond motifs is 1. The number of H-pyrrole nitrogens is 1. The van der Waals surface area contributed by atoms with Gasteiger partial charge in [0.1, 0.15) is 5.69 Å². The molecule has 5 rings (SSSR count). The monoisotopic (exact) mass is 407 g/mol. The molecule has 4 nitrogen and oxygen atoms in total. The Kier molecular flexibility index (Phi) is 5.17. The van der Waals surface area contributed by atoms with E-state index in [1.807, 2.05) is 6.07 Å². The summed E-state index contributed by atoms with van der Waals surface area (Å²) in [5.74, 6) is 0.0621. The van der Waals surface area contributed by atoms with Gasteiger partial charge >= 0.3 is 0 Å². The molecule has 0 bridgehead atoms. The summed E-state index contributed by atoms with van der Waals surface area (Å²) in [4.78, 5) is 16.6. The van der Waals surface area contributed by atoms with Crippen LogP contribution in [-0.4, -0.2) is 28.0 Å². The molecule has 2 spiro atoms. The van der Waals surface area contributed by atoms with Gasteiger partial charge in [-0.05, 0) is 75.6 Å². The molecule has 4 heteroatoms. The van der Waals surface area contributed by atoms with Gasteiger partial charge < -0.3 is 15.6 Å². The number of aromatic nitrogens is 1. The molecule has 3 N–H and O–H groups in total. The zero-order chi connectivity index (χ0) is 20.8. The van der Waals surface area contributed by atoms with Crippen LogP contribution in [-0.2, 0) is 0 Å². The van der Waals surface area contributed by atoms with Crippen molar-refractivity contribution < 1.29 is 4.79 Å². The van der Waals surface area contributed by atoms with Gasteiger partial charge in [0.05, 0.1) is 0 Å². The first-order valence-corrected chi connectivity index (χ1v) is 12.2. The van der Waals surface area contributed by atoms with Crippen molar-refractivity contribution in [3.05, 3.63) is 35.0 Å². The molecule has 0 atom stereocenters. The average molecular weight is 408 g/mol. The summed E-state index contributed by atoms with van der Waals surface area (Å²) in [6.45, 7) is 4.23. The highest BCUT2D eigenvalue weighted by molar-refractivity contribution is 5.99. The Morgan fingerprint density at radius 1 is 0.900 bits per heavy atom. The smallest absolute Gasteiger partial charge is 0.267 e. The number of aromatic amines is 1. The molecule has 0 radical (unpaired) electrons. The molecule has 2 heterocycles. The van der Waals surface area contributed by atoms with E-state index < -0.39 is 0 Å². The van der Waals surface area contributed by atoms with Gasteiger partial charge in [0.2, 0.25) is 0 Å². The van der Waals surface area contributed by atoms with Gasteiger partial charge in [0.15, 0.2) is 0 Å². The summed E-state index contributed by atoms with van der Waals surface area (Å²) in [5.41, 5.74) is 4.69. The van der Waals surface area contributed by atoms with Crippen LogP contribution < -0.4 is 10.6 Å². The van der Waals surface area contributed by atoms with Gasteiger partial charge in [-0.25, -0.2) is 0 Å². The lowest BCUT2D eigenvalue weighted by molar-refractivity contribution is 0.0441. The molecular formula is C26H37N3O. The predicted molar refractivity (Wildman–Crippen MR) is 123 cm³/mol. The lowest BCUT2D eigenvalue weighted by atomic mass is 9.66. The fraction of sp³-hybridized carbons (Fsp3) is 0.654. The molecule has 162 valence electrons. The molecular weight excluding hydrogens is 370 g/mol. The van der Waals surface area contributed by atoms with E-state index in [0.29, 0.717) is 5.69 Å². The Bertz CT molecular complexity index is 905. The second-order valence-corrected chi connectivity index (χ2v) is 10.6. The van der Waals surface area contributed by atoms with Crippen molar-refractivity contribution in [2.24, 2.45) is 0 Å². The lowest BCUT2D eigenvalue weighted by Gasteiger charge is -2.55. The number of carbonyl (C=O) groups is 1. The van der Waals surface area contributed by atoms with Crippen molar-refractivity contribution in [2.75, 3.05) is 0 Å². The molecule has 30 heavy (non-hydrogen) atoms.